The Morgan fingerprint density at radius 3 is 2.42 bits per heavy atom. The molecule has 0 bridgehead atoms. The maximum Gasteiger partial charge on any atom is 0.272 e. The van der Waals surface area contributed by atoms with Crippen LogP contribution in [-0.2, 0) is 6.54 Å². The van der Waals surface area contributed by atoms with Gasteiger partial charge in [-0.05, 0) is 50.6 Å². The second kappa shape index (κ2) is 7.59. The zero-order chi connectivity index (χ0) is 17.7. The van der Waals surface area contributed by atoms with Gasteiger partial charge in [0.25, 0.3) is 11.6 Å². The van der Waals surface area contributed by atoms with Crippen LogP contribution in [0.5, 0.6) is 5.75 Å². The third-order valence-electron chi connectivity index (χ3n) is 3.40. The van der Waals surface area contributed by atoms with E-state index in [-0.39, 0.29) is 17.7 Å². The number of hydrogen-bond acceptors (Lipinski definition) is 4. The minimum absolute atomic E-state index is 0.00675. The molecule has 0 fully saturated rings. The summed E-state index contributed by atoms with van der Waals surface area (Å²) in [6.07, 6.45) is 0.112. The van der Waals surface area contributed by atoms with Gasteiger partial charge in [0.15, 0.2) is 0 Å². The van der Waals surface area contributed by atoms with Crippen LogP contribution in [0.15, 0.2) is 42.5 Å². The second-order valence-electron chi connectivity index (χ2n) is 5.75. The fourth-order valence-electron chi connectivity index (χ4n) is 2.24. The number of nitrogens with one attached hydrogen (secondary N) is 1. The number of nitrogens with zero attached hydrogens (tertiary/aromatic N) is 1. The first-order valence-electron chi connectivity index (χ1n) is 7.65. The van der Waals surface area contributed by atoms with E-state index >= 15 is 0 Å². The van der Waals surface area contributed by atoms with Crippen molar-refractivity contribution in [3.63, 3.8) is 0 Å². The Hall–Kier alpha value is -2.89. The zero-order valence-electron chi connectivity index (χ0n) is 13.9. The highest BCUT2D eigenvalue weighted by Crippen LogP contribution is 2.19. The lowest BCUT2D eigenvalue weighted by Gasteiger charge is -2.10. The normalized spacial score (nSPS) is 10.5. The number of nitro benzene ring substituents is 1. The molecule has 2 aromatic carbocycles. The Balaban J connectivity index is 1.98. The van der Waals surface area contributed by atoms with Crippen molar-refractivity contribution in [2.24, 2.45) is 0 Å². The number of aryl methyl sites for hydroxylation is 1. The molecule has 0 saturated carbocycles. The Bertz CT molecular complexity index is 739. The minimum Gasteiger partial charge on any atom is -0.491 e. The molecule has 0 saturated heterocycles. The van der Waals surface area contributed by atoms with Crippen molar-refractivity contribution >= 4 is 11.6 Å². The van der Waals surface area contributed by atoms with Gasteiger partial charge in [-0.15, -0.1) is 0 Å². The van der Waals surface area contributed by atoms with E-state index < -0.39 is 4.92 Å². The molecule has 0 atom stereocenters. The van der Waals surface area contributed by atoms with Gasteiger partial charge < -0.3 is 10.1 Å². The molecule has 1 N–H and O–H groups in total. The van der Waals surface area contributed by atoms with Crippen LogP contribution in [0.2, 0.25) is 0 Å². The lowest BCUT2D eigenvalue weighted by molar-refractivity contribution is -0.385. The molecule has 0 aliphatic carbocycles. The number of nitro groups is 1. The van der Waals surface area contributed by atoms with Crippen LogP contribution in [0.25, 0.3) is 0 Å². The highest BCUT2D eigenvalue weighted by molar-refractivity contribution is 5.94. The summed E-state index contributed by atoms with van der Waals surface area (Å²) in [4.78, 5) is 22.5. The molecule has 0 aliphatic rings. The van der Waals surface area contributed by atoms with Crippen LogP contribution < -0.4 is 10.1 Å². The quantitative estimate of drug-likeness (QED) is 0.648. The predicted molar refractivity (Wildman–Crippen MR) is 91.2 cm³/mol. The molecule has 2 aromatic rings. The molecule has 0 spiro atoms. The van der Waals surface area contributed by atoms with E-state index in [0.717, 1.165) is 11.3 Å². The lowest BCUT2D eigenvalue weighted by atomic mass is 10.1. The van der Waals surface area contributed by atoms with Gasteiger partial charge in [0.05, 0.1) is 11.0 Å². The largest absolute Gasteiger partial charge is 0.491 e. The third kappa shape index (κ3) is 4.55. The van der Waals surface area contributed by atoms with Gasteiger partial charge in [-0.2, -0.15) is 0 Å². The standard InChI is InChI=1S/C18H20N2O4/c1-12(2)24-16-7-4-14(5-8-16)11-19-18(21)15-6-9-17(20(22)23)13(3)10-15/h4-10,12H,11H2,1-3H3,(H,19,21). The fourth-order valence-corrected chi connectivity index (χ4v) is 2.24. The number of ether oxygens (including phenoxy) is 1. The first-order chi connectivity index (χ1) is 11.4. The predicted octanol–water partition coefficient (Wildman–Crippen LogP) is 3.62. The maximum atomic E-state index is 12.2. The summed E-state index contributed by atoms with van der Waals surface area (Å²) < 4.78 is 5.57. The third-order valence-corrected chi connectivity index (χ3v) is 3.40. The molecule has 2 rings (SSSR count). The Morgan fingerprint density at radius 1 is 1.21 bits per heavy atom. The summed E-state index contributed by atoms with van der Waals surface area (Å²) in [5.74, 6) is 0.515. The molecule has 0 heterocycles. The molecule has 6 heteroatoms. The molecule has 6 nitrogen and oxygen atoms in total. The molecule has 24 heavy (non-hydrogen) atoms. The van der Waals surface area contributed by atoms with Crippen molar-refractivity contribution in [1.29, 1.82) is 0 Å². The summed E-state index contributed by atoms with van der Waals surface area (Å²) in [6.45, 7) is 5.90. The van der Waals surface area contributed by atoms with Gasteiger partial charge in [-0.25, -0.2) is 0 Å². The van der Waals surface area contributed by atoms with Gasteiger partial charge in [0, 0.05) is 23.7 Å². The van der Waals surface area contributed by atoms with Crippen LogP contribution in [0.3, 0.4) is 0 Å². The van der Waals surface area contributed by atoms with E-state index in [2.05, 4.69) is 5.32 Å². The van der Waals surface area contributed by atoms with Crippen molar-refractivity contribution in [3.8, 4) is 5.75 Å². The van der Waals surface area contributed by atoms with Gasteiger partial charge in [-0.1, -0.05) is 12.1 Å². The van der Waals surface area contributed by atoms with Gasteiger partial charge >= 0.3 is 0 Å². The van der Waals surface area contributed by atoms with Crippen LogP contribution in [0.1, 0.15) is 35.3 Å². The SMILES string of the molecule is Cc1cc(C(=O)NCc2ccc(OC(C)C)cc2)ccc1[N+](=O)[O-]. The van der Waals surface area contributed by atoms with Crippen molar-refractivity contribution < 1.29 is 14.5 Å². The van der Waals surface area contributed by atoms with E-state index in [1.165, 1.54) is 18.2 Å². The van der Waals surface area contributed by atoms with Gasteiger partial charge in [0.1, 0.15) is 5.75 Å². The van der Waals surface area contributed by atoms with Crippen LogP contribution in [0, 0.1) is 17.0 Å². The molecular formula is C18H20N2O4. The van der Waals surface area contributed by atoms with Gasteiger partial charge in [-0.3, -0.25) is 14.9 Å². The fraction of sp³-hybridized carbons (Fsp3) is 0.278. The molecule has 0 aliphatic heterocycles. The molecule has 126 valence electrons. The number of carbonyl (C=O) groups is 1. The van der Waals surface area contributed by atoms with Crippen molar-refractivity contribution in [3.05, 3.63) is 69.3 Å². The van der Waals surface area contributed by atoms with Crippen LogP contribution >= 0.6 is 0 Å². The van der Waals surface area contributed by atoms with Crippen molar-refractivity contribution in [1.82, 2.24) is 5.32 Å². The van der Waals surface area contributed by atoms with E-state index in [1.54, 1.807) is 6.92 Å². The second-order valence-corrected chi connectivity index (χ2v) is 5.75. The number of benzene rings is 2. The van der Waals surface area contributed by atoms with Crippen molar-refractivity contribution in [2.75, 3.05) is 0 Å². The van der Waals surface area contributed by atoms with E-state index in [9.17, 15) is 14.9 Å². The highest BCUT2D eigenvalue weighted by atomic mass is 16.6. The summed E-state index contributed by atoms with van der Waals surface area (Å²) in [7, 11) is 0. The summed E-state index contributed by atoms with van der Waals surface area (Å²) in [5, 5.41) is 13.6. The summed E-state index contributed by atoms with van der Waals surface area (Å²) in [6, 6.07) is 11.8. The number of carbonyl (C=O) groups excluding carboxylic acids is 1. The molecule has 0 aromatic heterocycles. The summed E-state index contributed by atoms with van der Waals surface area (Å²) >= 11 is 0. The van der Waals surface area contributed by atoms with Crippen LogP contribution in [0.4, 0.5) is 5.69 Å². The number of amides is 1. The van der Waals surface area contributed by atoms with Crippen molar-refractivity contribution in [2.45, 2.75) is 33.4 Å². The zero-order valence-corrected chi connectivity index (χ0v) is 13.9. The Labute approximate surface area is 140 Å². The average Bonchev–Trinajstić information content (AvgIpc) is 2.53. The molecule has 1 amide bonds. The topological polar surface area (TPSA) is 81.5 Å². The first-order valence-corrected chi connectivity index (χ1v) is 7.65. The van der Waals surface area contributed by atoms with E-state index in [0.29, 0.717) is 17.7 Å². The molecule has 0 unspecified atom stereocenters. The molecule has 0 radical (unpaired) electrons. The van der Waals surface area contributed by atoms with E-state index in [1.807, 2.05) is 38.1 Å². The Morgan fingerprint density at radius 2 is 1.88 bits per heavy atom. The van der Waals surface area contributed by atoms with Crippen LogP contribution in [-0.4, -0.2) is 16.9 Å². The van der Waals surface area contributed by atoms with E-state index in [4.69, 9.17) is 4.74 Å². The first kappa shape index (κ1) is 17.5. The molecular weight excluding hydrogens is 308 g/mol. The summed E-state index contributed by atoms with van der Waals surface area (Å²) in [5.41, 5.74) is 1.81. The Kier molecular flexibility index (Phi) is 5.52. The highest BCUT2D eigenvalue weighted by Gasteiger charge is 2.13. The maximum absolute atomic E-state index is 12.2. The smallest absolute Gasteiger partial charge is 0.272 e. The number of hydrogen-bond donors (Lipinski definition) is 1. The lowest BCUT2D eigenvalue weighted by Crippen LogP contribution is -2.22. The monoisotopic (exact) mass is 328 g/mol. The number of rotatable bonds is 6. The average molecular weight is 328 g/mol. The van der Waals surface area contributed by atoms with Gasteiger partial charge in [0.2, 0.25) is 0 Å². The minimum atomic E-state index is -0.461.